The molecule has 1 saturated heterocycles. The first-order valence-corrected chi connectivity index (χ1v) is 8.58. The van der Waals surface area contributed by atoms with E-state index in [0.29, 0.717) is 48.9 Å². The van der Waals surface area contributed by atoms with Crippen molar-refractivity contribution in [2.75, 3.05) is 26.2 Å². The van der Waals surface area contributed by atoms with Crippen molar-refractivity contribution in [3.05, 3.63) is 46.0 Å². The molecule has 0 atom stereocenters. The van der Waals surface area contributed by atoms with Crippen LogP contribution in [0.5, 0.6) is 0 Å². The predicted octanol–water partition coefficient (Wildman–Crippen LogP) is 2.82. The van der Waals surface area contributed by atoms with Crippen LogP contribution in [-0.4, -0.2) is 51.5 Å². The smallest absolute Gasteiger partial charge is 0.335 e. The Morgan fingerprint density at radius 1 is 1.24 bits per heavy atom. The topological polar surface area (TPSA) is 49.3 Å². The summed E-state index contributed by atoms with van der Waals surface area (Å²) in [5, 5.41) is 3.85. The summed E-state index contributed by atoms with van der Waals surface area (Å²) in [5.41, 5.74) is 0.616. The van der Waals surface area contributed by atoms with Crippen LogP contribution in [0.1, 0.15) is 26.5 Å². The van der Waals surface area contributed by atoms with Crippen molar-refractivity contribution in [2.45, 2.75) is 19.6 Å². The minimum atomic E-state index is -4.33. The van der Waals surface area contributed by atoms with Crippen LogP contribution in [0, 0.1) is 6.92 Å². The molecule has 9 heteroatoms. The number of carbonyl (C=O) groups is 1. The number of aromatic nitrogens is 2. The number of amides is 1. The molecule has 0 bridgehead atoms. The van der Waals surface area contributed by atoms with Crippen LogP contribution in [0.25, 0.3) is 0 Å². The molecule has 0 N–H and O–H groups in total. The molecule has 1 aliphatic heterocycles. The highest BCUT2D eigenvalue weighted by Crippen LogP contribution is 2.29. The molecule has 0 aliphatic carbocycles. The lowest BCUT2D eigenvalue weighted by Gasteiger charge is -2.34. The van der Waals surface area contributed by atoms with Gasteiger partial charge < -0.3 is 4.90 Å². The Hall–Kier alpha value is -2.00. The molecule has 2 aromatic rings. The molecule has 25 heavy (non-hydrogen) atoms. The van der Waals surface area contributed by atoms with E-state index in [0.717, 1.165) is 17.6 Å². The van der Waals surface area contributed by atoms with Crippen molar-refractivity contribution in [3.8, 4) is 0 Å². The first-order valence-electron chi connectivity index (χ1n) is 7.81. The van der Waals surface area contributed by atoms with Gasteiger partial charge in [0.1, 0.15) is 4.88 Å². The summed E-state index contributed by atoms with van der Waals surface area (Å²) in [4.78, 5) is 16.8. The Kier molecular flexibility index (Phi) is 5.05. The van der Waals surface area contributed by atoms with Crippen LogP contribution in [-0.2, 0) is 12.7 Å². The van der Waals surface area contributed by atoms with E-state index >= 15 is 0 Å². The van der Waals surface area contributed by atoms with E-state index in [1.165, 1.54) is 12.1 Å². The van der Waals surface area contributed by atoms with Crippen LogP contribution in [0.2, 0.25) is 0 Å². The number of rotatable bonds is 3. The van der Waals surface area contributed by atoms with Gasteiger partial charge in [0.25, 0.3) is 5.91 Å². The fourth-order valence-corrected chi connectivity index (χ4v) is 3.41. The Balaban J connectivity index is 1.58. The molecular weight excluding hydrogens is 353 g/mol. The van der Waals surface area contributed by atoms with Gasteiger partial charge in [-0.3, -0.25) is 9.69 Å². The molecule has 1 amide bonds. The lowest BCUT2D eigenvalue weighted by Crippen LogP contribution is -2.48. The number of benzene rings is 1. The molecule has 0 spiro atoms. The minimum Gasteiger partial charge on any atom is -0.335 e. The quantitative estimate of drug-likeness (QED) is 0.834. The maximum atomic E-state index is 12.8. The second-order valence-corrected chi connectivity index (χ2v) is 6.71. The van der Waals surface area contributed by atoms with Gasteiger partial charge in [-0.05, 0) is 30.1 Å². The van der Waals surface area contributed by atoms with E-state index in [1.807, 2.05) is 0 Å². The Morgan fingerprint density at radius 2 is 1.96 bits per heavy atom. The second-order valence-electron chi connectivity index (χ2n) is 5.95. The van der Waals surface area contributed by atoms with Crippen molar-refractivity contribution in [1.82, 2.24) is 19.4 Å². The lowest BCUT2D eigenvalue weighted by atomic mass is 10.1. The first-order chi connectivity index (χ1) is 11.8. The molecule has 5 nitrogen and oxygen atoms in total. The molecule has 2 heterocycles. The summed E-state index contributed by atoms with van der Waals surface area (Å²) in [5.74, 6) is -0.0776. The largest absolute Gasteiger partial charge is 0.416 e. The summed E-state index contributed by atoms with van der Waals surface area (Å²) in [6.07, 6.45) is -4.33. The van der Waals surface area contributed by atoms with Gasteiger partial charge >= 0.3 is 6.18 Å². The average Bonchev–Trinajstić information content (AvgIpc) is 3.00. The van der Waals surface area contributed by atoms with Crippen LogP contribution < -0.4 is 0 Å². The molecule has 134 valence electrons. The Labute approximate surface area is 147 Å². The fraction of sp³-hybridized carbons (Fsp3) is 0.438. The molecule has 1 aromatic heterocycles. The van der Waals surface area contributed by atoms with E-state index in [-0.39, 0.29) is 5.91 Å². The number of carbonyl (C=O) groups excluding carboxylic acids is 1. The van der Waals surface area contributed by atoms with E-state index < -0.39 is 11.7 Å². The third-order valence-corrected chi connectivity index (χ3v) is 4.98. The van der Waals surface area contributed by atoms with Crippen LogP contribution >= 0.6 is 11.5 Å². The summed E-state index contributed by atoms with van der Waals surface area (Å²) in [6.45, 7) is 4.50. The van der Waals surface area contributed by atoms with E-state index in [9.17, 15) is 18.0 Å². The zero-order valence-electron chi connectivity index (χ0n) is 13.6. The predicted molar refractivity (Wildman–Crippen MR) is 87.3 cm³/mol. The molecule has 0 saturated carbocycles. The maximum absolute atomic E-state index is 12.8. The Morgan fingerprint density at radius 3 is 2.56 bits per heavy atom. The number of piperazine rings is 1. The number of alkyl halides is 3. The number of hydrogen-bond donors (Lipinski definition) is 0. The normalized spacial score (nSPS) is 16.2. The van der Waals surface area contributed by atoms with Crippen LogP contribution in [0.3, 0.4) is 0 Å². The number of halogens is 3. The van der Waals surface area contributed by atoms with Crippen molar-refractivity contribution >= 4 is 17.4 Å². The number of aryl methyl sites for hydroxylation is 1. The average molecular weight is 370 g/mol. The summed E-state index contributed by atoms with van der Waals surface area (Å²) in [7, 11) is 0. The van der Waals surface area contributed by atoms with E-state index in [1.54, 1.807) is 17.9 Å². The van der Waals surface area contributed by atoms with Gasteiger partial charge in [-0.2, -0.15) is 13.2 Å². The summed E-state index contributed by atoms with van der Waals surface area (Å²) in [6, 6.07) is 5.38. The van der Waals surface area contributed by atoms with Crippen LogP contribution in [0.15, 0.2) is 24.3 Å². The zero-order chi connectivity index (χ0) is 18.0. The second kappa shape index (κ2) is 7.09. The van der Waals surface area contributed by atoms with E-state index in [2.05, 4.69) is 14.5 Å². The van der Waals surface area contributed by atoms with E-state index in [4.69, 9.17) is 0 Å². The van der Waals surface area contributed by atoms with Gasteiger partial charge in [0.05, 0.1) is 11.3 Å². The van der Waals surface area contributed by atoms with Gasteiger partial charge in [-0.1, -0.05) is 22.7 Å². The summed E-state index contributed by atoms with van der Waals surface area (Å²) >= 11 is 1.09. The van der Waals surface area contributed by atoms with Gasteiger partial charge in [0.2, 0.25) is 0 Å². The van der Waals surface area contributed by atoms with Crippen molar-refractivity contribution in [3.63, 3.8) is 0 Å². The minimum absolute atomic E-state index is 0.0776. The standard InChI is InChI=1S/C16H17F3N4OS/c1-11-14(25-21-20-11)15(24)23-7-5-22(6-8-23)10-12-3-2-4-13(9-12)16(17,18)19/h2-4,9H,5-8,10H2,1H3. The first kappa shape index (κ1) is 17.8. The molecule has 3 rings (SSSR count). The van der Waals surface area contributed by atoms with Gasteiger partial charge in [0, 0.05) is 32.7 Å². The third kappa shape index (κ3) is 4.16. The van der Waals surface area contributed by atoms with Crippen LogP contribution in [0.4, 0.5) is 13.2 Å². The molecule has 1 fully saturated rings. The maximum Gasteiger partial charge on any atom is 0.416 e. The van der Waals surface area contributed by atoms with Crippen molar-refractivity contribution in [1.29, 1.82) is 0 Å². The van der Waals surface area contributed by atoms with Gasteiger partial charge in [-0.15, -0.1) is 5.10 Å². The highest BCUT2D eigenvalue weighted by atomic mass is 32.1. The molecule has 0 unspecified atom stereocenters. The Bertz CT molecular complexity index is 754. The molecule has 1 aliphatic rings. The molecular formula is C16H17F3N4OS. The zero-order valence-corrected chi connectivity index (χ0v) is 14.4. The monoisotopic (exact) mass is 370 g/mol. The molecule has 0 radical (unpaired) electrons. The van der Waals surface area contributed by atoms with Crippen molar-refractivity contribution in [2.24, 2.45) is 0 Å². The highest BCUT2D eigenvalue weighted by Gasteiger charge is 2.30. The van der Waals surface area contributed by atoms with Gasteiger partial charge in [0.15, 0.2) is 0 Å². The summed E-state index contributed by atoms with van der Waals surface area (Å²) < 4.78 is 42.1. The van der Waals surface area contributed by atoms with Gasteiger partial charge in [-0.25, -0.2) is 0 Å². The SMILES string of the molecule is Cc1nnsc1C(=O)N1CCN(Cc2cccc(C(F)(F)F)c2)CC1. The number of nitrogens with zero attached hydrogens (tertiary/aromatic N) is 4. The van der Waals surface area contributed by atoms with Crippen molar-refractivity contribution < 1.29 is 18.0 Å². The third-order valence-electron chi connectivity index (χ3n) is 4.17. The fourth-order valence-electron chi connectivity index (χ4n) is 2.78. The highest BCUT2D eigenvalue weighted by molar-refractivity contribution is 7.07. The number of hydrogen-bond acceptors (Lipinski definition) is 5. The lowest BCUT2D eigenvalue weighted by molar-refractivity contribution is -0.137. The molecule has 1 aromatic carbocycles.